The van der Waals surface area contributed by atoms with Crippen molar-refractivity contribution in [2.45, 2.75) is 65.0 Å². The molecule has 6 heteroatoms. The van der Waals surface area contributed by atoms with Gasteiger partial charge in [0, 0.05) is 25.2 Å². The molecule has 0 radical (unpaired) electrons. The van der Waals surface area contributed by atoms with Crippen LogP contribution >= 0.6 is 0 Å². The largest absolute Gasteiger partial charge is 0.461 e. The van der Waals surface area contributed by atoms with E-state index in [1.807, 2.05) is 27.7 Å². The predicted octanol–water partition coefficient (Wildman–Crippen LogP) is 1.63. The van der Waals surface area contributed by atoms with Gasteiger partial charge >= 0.3 is 5.97 Å². The summed E-state index contributed by atoms with van der Waals surface area (Å²) in [5.41, 5.74) is -0.515. The van der Waals surface area contributed by atoms with Gasteiger partial charge in [-0.25, -0.2) is 0 Å². The molecule has 2 fully saturated rings. The van der Waals surface area contributed by atoms with E-state index in [2.05, 4.69) is 10.6 Å². The Hall–Kier alpha value is -1.14. The van der Waals surface area contributed by atoms with Crippen molar-refractivity contribution in [2.24, 2.45) is 11.3 Å². The van der Waals surface area contributed by atoms with Crippen LogP contribution in [0.3, 0.4) is 0 Å². The summed E-state index contributed by atoms with van der Waals surface area (Å²) in [7, 11) is 0. The lowest BCUT2D eigenvalue weighted by Gasteiger charge is -2.29. The second-order valence-electron chi connectivity index (χ2n) is 8.04. The van der Waals surface area contributed by atoms with Gasteiger partial charge in [-0.15, -0.1) is 0 Å². The van der Waals surface area contributed by atoms with E-state index < -0.39 is 0 Å². The molecule has 1 aliphatic heterocycles. The highest BCUT2D eigenvalue weighted by Gasteiger charge is 2.47. The van der Waals surface area contributed by atoms with Crippen molar-refractivity contribution in [2.75, 3.05) is 26.3 Å². The van der Waals surface area contributed by atoms with Gasteiger partial charge in [0.2, 0.25) is 5.91 Å². The molecule has 2 aliphatic rings. The maximum absolute atomic E-state index is 12.1. The van der Waals surface area contributed by atoms with Crippen LogP contribution in [0.5, 0.6) is 0 Å². The van der Waals surface area contributed by atoms with Crippen LogP contribution < -0.4 is 10.6 Å². The first-order valence-corrected chi connectivity index (χ1v) is 9.07. The van der Waals surface area contributed by atoms with Crippen LogP contribution in [-0.2, 0) is 19.1 Å². The van der Waals surface area contributed by atoms with Crippen molar-refractivity contribution in [1.29, 1.82) is 0 Å². The van der Waals surface area contributed by atoms with Crippen LogP contribution in [0.25, 0.3) is 0 Å². The maximum atomic E-state index is 12.1. The molecule has 0 aromatic heterocycles. The van der Waals surface area contributed by atoms with Crippen molar-refractivity contribution >= 4 is 11.9 Å². The molecule has 0 aromatic carbocycles. The first-order valence-electron chi connectivity index (χ1n) is 9.07. The Morgan fingerprint density at radius 2 is 2.08 bits per heavy atom. The molecule has 2 atom stereocenters. The Kier molecular flexibility index (Phi) is 6.26. The van der Waals surface area contributed by atoms with Gasteiger partial charge in [0.15, 0.2) is 0 Å². The Labute approximate surface area is 145 Å². The summed E-state index contributed by atoms with van der Waals surface area (Å²) in [4.78, 5) is 24.1. The molecule has 1 saturated carbocycles. The van der Waals surface area contributed by atoms with Gasteiger partial charge < -0.3 is 20.1 Å². The number of hydrogen-bond donors (Lipinski definition) is 2. The quantitative estimate of drug-likeness (QED) is 0.624. The third-order valence-corrected chi connectivity index (χ3v) is 5.04. The molecule has 1 heterocycles. The monoisotopic (exact) mass is 340 g/mol. The molecule has 1 aliphatic carbocycles. The topological polar surface area (TPSA) is 76.7 Å². The third-order valence-electron chi connectivity index (χ3n) is 5.04. The average Bonchev–Trinajstić information content (AvgIpc) is 3.08. The van der Waals surface area contributed by atoms with Gasteiger partial charge in [0.05, 0.1) is 17.9 Å². The van der Waals surface area contributed by atoms with Crippen LogP contribution in [0.1, 0.15) is 53.4 Å². The van der Waals surface area contributed by atoms with E-state index >= 15 is 0 Å². The maximum Gasteiger partial charge on any atom is 0.312 e. The summed E-state index contributed by atoms with van der Waals surface area (Å²) < 4.78 is 10.9. The van der Waals surface area contributed by atoms with Gasteiger partial charge in [-0.1, -0.05) is 6.92 Å². The van der Waals surface area contributed by atoms with E-state index in [9.17, 15) is 9.59 Å². The molecule has 0 aromatic rings. The molecular formula is C18H32N2O4. The fourth-order valence-electron chi connectivity index (χ4n) is 2.60. The van der Waals surface area contributed by atoms with E-state index in [-0.39, 0.29) is 34.9 Å². The molecule has 1 saturated heterocycles. The first-order chi connectivity index (χ1) is 11.3. The standard InChI is InChI=1S/C18H32N2O4/c1-5-14(24-16(22)18(4)7-8-18)10-20-17(2,3)12-19-15(21)13-6-9-23-11-13/h13-14,20H,5-12H2,1-4H3,(H,19,21). The number of hydrogen-bond acceptors (Lipinski definition) is 5. The smallest absolute Gasteiger partial charge is 0.312 e. The summed E-state index contributed by atoms with van der Waals surface area (Å²) in [5, 5.41) is 6.40. The first kappa shape index (κ1) is 19.2. The summed E-state index contributed by atoms with van der Waals surface area (Å²) >= 11 is 0. The van der Waals surface area contributed by atoms with E-state index in [1.165, 1.54) is 0 Å². The predicted molar refractivity (Wildman–Crippen MR) is 91.5 cm³/mol. The van der Waals surface area contributed by atoms with Gasteiger partial charge in [-0.3, -0.25) is 9.59 Å². The highest BCUT2D eigenvalue weighted by molar-refractivity contribution is 5.79. The number of rotatable bonds is 9. The lowest BCUT2D eigenvalue weighted by atomic mass is 10.0. The van der Waals surface area contributed by atoms with Gasteiger partial charge in [0.1, 0.15) is 6.10 Å². The average molecular weight is 340 g/mol. The molecule has 2 unspecified atom stereocenters. The van der Waals surface area contributed by atoms with Gasteiger partial charge in [0.25, 0.3) is 0 Å². The third kappa shape index (κ3) is 5.45. The number of carbonyl (C=O) groups is 2. The fraction of sp³-hybridized carbons (Fsp3) is 0.889. The van der Waals surface area contributed by atoms with E-state index in [4.69, 9.17) is 9.47 Å². The van der Waals surface area contributed by atoms with Crippen molar-refractivity contribution in [3.05, 3.63) is 0 Å². The SMILES string of the molecule is CCC(CNC(C)(C)CNC(=O)C1CCOC1)OC(=O)C1(C)CC1. The van der Waals surface area contributed by atoms with Gasteiger partial charge in [-0.05, 0) is 46.5 Å². The fourth-order valence-corrected chi connectivity index (χ4v) is 2.60. The highest BCUT2D eigenvalue weighted by Crippen LogP contribution is 2.46. The van der Waals surface area contributed by atoms with E-state index in [0.717, 1.165) is 25.7 Å². The second-order valence-corrected chi connectivity index (χ2v) is 8.04. The molecular weight excluding hydrogens is 308 g/mol. The van der Waals surface area contributed by atoms with Crippen LogP contribution in [0.15, 0.2) is 0 Å². The van der Waals surface area contributed by atoms with Crippen molar-refractivity contribution in [3.63, 3.8) is 0 Å². The van der Waals surface area contributed by atoms with E-state index in [0.29, 0.717) is 26.3 Å². The molecule has 0 bridgehead atoms. The minimum Gasteiger partial charge on any atom is -0.461 e. The van der Waals surface area contributed by atoms with Crippen molar-refractivity contribution in [1.82, 2.24) is 10.6 Å². The van der Waals surface area contributed by atoms with E-state index in [1.54, 1.807) is 0 Å². The molecule has 0 spiro atoms. The minimum atomic E-state index is -0.265. The number of amides is 1. The molecule has 138 valence electrons. The Morgan fingerprint density at radius 1 is 1.38 bits per heavy atom. The molecule has 2 rings (SSSR count). The minimum absolute atomic E-state index is 0.0237. The summed E-state index contributed by atoms with van der Waals surface area (Å²) in [5.74, 6) is -0.0459. The number of carbonyl (C=O) groups excluding carboxylic acids is 2. The van der Waals surface area contributed by atoms with Gasteiger partial charge in [-0.2, -0.15) is 0 Å². The summed E-state index contributed by atoms with van der Waals surface area (Å²) in [6, 6.07) is 0. The van der Waals surface area contributed by atoms with Crippen molar-refractivity contribution in [3.8, 4) is 0 Å². The molecule has 6 nitrogen and oxygen atoms in total. The second kappa shape index (κ2) is 7.83. The van der Waals surface area contributed by atoms with Crippen LogP contribution in [0.2, 0.25) is 0 Å². The number of nitrogens with one attached hydrogen (secondary N) is 2. The molecule has 24 heavy (non-hydrogen) atoms. The zero-order chi connectivity index (χ0) is 17.8. The number of esters is 1. The van der Waals surface area contributed by atoms with Crippen LogP contribution in [0.4, 0.5) is 0 Å². The zero-order valence-corrected chi connectivity index (χ0v) is 15.4. The van der Waals surface area contributed by atoms with Crippen molar-refractivity contribution < 1.29 is 19.1 Å². The molecule has 2 N–H and O–H groups in total. The Morgan fingerprint density at radius 3 is 2.62 bits per heavy atom. The molecule has 1 amide bonds. The zero-order valence-electron chi connectivity index (χ0n) is 15.4. The lowest BCUT2D eigenvalue weighted by molar-refractivity contribution is -0.155. The lowest BCUT2D eigenvalue weighted by Crippen LogP contribution is -2.52. The number of ether oxygens (including phenoxy) is 2. The Balaban J connectivity index is 1.71. The van der Waals surface area contributed by atoms with Crippen LogP contribution in [-0.4, -0.2) is 49.8 Å². The van der Waals surface area contributed by atoms with Crippen LogP contribution in [0, 0.1) is 11.3 Å². The normalized spacial score (nSPS) is 23.6. The summed E-state index contributed by atoms with van der Waals surface area (Å²) in [6.45, 7) is 10.4. The highest BCUT2D eigenvalue weighted by atomic mass is 16.5. The summed E-state index contributed by atoms with van der Waals surface area (Å²) in [6.07, 6.45) is 3.30. The Bertz CT molecular complexity index is 454.